The highest BCUT2D eigenvalue weighted by Gasteiger charge is 2.32. The lowest BCUT2D eigenvalue weighted by molar-refractivity contribution is -0.147. The van der Waals surface area contributed by atoms with Crippen LogP contribution in [0.15, 0.2) is 0 Å². The van der Waals surface area contributed by atoms with Crippen LogP contribution in [-0.4, -0.2) is 86.9 Å². The molecule has 17 heteroatoms. The van der Waals surface area contributed by atoms with E-state index in [-0.39, 0.29) is 0 Å². The number of nitrogens with one attached hydrogen (secondary N) is 3. The fraction of sp³-hybridized carbons (Fsp3) is 0.529. The predicted octanol–water partition coefficient (Wildman–Crippen LogP) is -5.06. The van der Waals surface area contributed by atoms with Crippen molar-refractivity contribution in [2.75, 3.05) is 0 Å². The van der Waals surface area contributed by atoms with E-state index < -0.39 is 104 Å². The molecule has 0 saturated carbocycles. The molecule has 0 aliphatic carbocycles. The van der Waals surface area contributed by atoms with Crippen molar-refractivity contribution < 1.29 is 53.7 Å². The molecule has 0 aliphatic rings. The first-order valence-corrected chi connectivity index (χ1v) is 9.53. The molecule has 0 aromatic carbocycles. The molecule has 34 heavy (non-hydrogen) atoms. The molecule has 0 radical (unpaired) electrons. The molecule has 0 rings (SSSR count). The molecule has 0 aliphatic heterocycles. The Morgan fingerprint density at radius 2 is 1.09 bits per heavy atom. The minimum atomic E-state index is -1.90. The summed E-state index contributed by atoms with van der Waals surface area (Å²) in [6.45, 7) is 0. The van der Waals surface area contributed by atoms with Crippen molar-refractivity contribution in [2.45, 2.75) is 56.3 Å². The minimum absolute atomic E-state index is 0.565. The van der Waals surface area contributed by atoms with Gasteiger partial charge in [-0.3, -0.25) is 33.6 Å². The topological polar surface area (TPSA) is 311 Å². The number of carboxylic acids is 3. The number of amides is 5. The first-order valence-electron chi connectivity index (χ1n) is 9.53. The molecule has 0 aromatic heterocycles. The maximum Gasteiger partial charge on any atom is 0.326 e. The summed E-state index contributed by atoms with van der Waals surface area (Å²) >= 11 is 0. The Balaban J connectivity index is 5.63. The van der Waals surface area contributed by atoms with Crippen molar-refractivity contribution in [1.82, 2.24) is 16.0 Å². The van der Waals surface area contributed by atoms with Gasteiger partial charge in [0.1, 0.15) is 18.1 Å². The van der Waals surface area contributed by atoms with Gasteiger partial charge >= 0.3 is 17.9 Å². The molecule has 0 fully saturated rings. The van der Waals surface area contributed by atoms with Crippen LogP contribution in [0.3, 0.4) is 0 Å². The SMILES string of the molecule is NC(=O)CC(N)C(=O)NC(CC(N)=O)C(=O)NC(CCC(=O)O)C(=O)NC(CC(=O)O)C(=O)O. The van der Waals surface area contributed by atoms with Gasteiger partial charge < -0.3 is 48.5 Å². The standard InChI is InChI=1S/C17H26N6O11/c18-6(3-10(19)24)14(30)22-8(4-11(20)25)16(32)21-7(1-2-12(26)27)15(31)23-9(17(33)34)5-13(28)29/h6-9H,1-5,18H2,(H2,19,24)(H2,20,25)(H,21,32)(H,22,30)(H,23,31)(H,26,27)(H,28,29)(H,33,34). The van der Waals surface area contributed by atoms with Gasteiger partial charge in [-0.05, 0) is 6.42 Å². The zero-order valence-corrected chi connectivity index (χ0v) is 17.7. The Morgan fingerprint density at radius 1 is 0.618 bits per heavy atom. The fourth-order valence-corrected chi connectivity index (χ4v) is 2.45. The third-order valence-electron chi connectivity index (χ3n) is 4.07. The summed E-state index contributed by atoms with van der Waals surface area (Å²) in [5.74, 6) is -10.2. The van der Waals surface area contributed by atoms with E-state index in [0.717, 1.165) is 0 Å². The van der Waals surface area contributed by atoms with E-state index in [2.05, 4.69) is 5.32 Å². The van der Waals surface area contributed by atoms with Gasteiger partial charge in [-0.15, -0.1) is 0 Å². The average Bonchev–Trinajstić information content (AvgIpc) is 2.68. The van der Waals surface area contributed by atoms with E-state index in [1.807, 2.05) is 10.6 Å². The maximum absolute atomic E-state index is 12.6. The second kappa shape index (κ2) is 14.0. The fourth-order valence-electron chi connectivity index (χ4n) is 2.45. The highest BCUT2D eigenvalue weighted by Crippen LogP contribution is 2.04. The first kappa shape index (κ1) is 29.7. The highest BCUT2D eigenvalue weighted by molar-refractivity contribution is 5.97. The van der Waals surface area contributed by atoms with Gasteiger partial charge in [0.2, 0.25) is 29.5 Å². The van der Waals surface area contributed by atoms with Crippen molar-refractivity contribution in [3.8, 4) is 0 Å². The van der Waals surface area contributed by atoms with Crippen LogP contribution >= 0.6 is 0 Å². The molecule has 17 nitrogen and oxygen atoms in total. The van der Waals surface area contributed by atoms with Gasteiger partial charge in [0.15, 0.2) is 0 Å². The predicted molar refractivity (Wildman–Crippen MR) is 108 cm³/mol. The highest BCUT2D eigenvalue weighted by atomic mass is 16.4. The number of hydrogen-bond acceptors (Lipinski definition) is 9. The molecule has 0 spiro atoms. The van der Waals surface area contributed by atoms with Gasteiger partial charge in [0, 0.05) is 6.42 Å². The van der Waals surface area contributed by atoms with E-state index in [0.29, 0.717) is 0 Å². The number of carbonyl (C=O) groups excluding carboxylic acids is 5. The van der Waals surface area contributed by atoms with Gasteiger partial charge in [-0.1, -0.05) is 0 Å². The van der Waals surface area contributed by atoms with Gasteiger partial charge in [-0.25, -0.2) is 4.79 Å². The van der Waals surface area contributed by atoms with Crippen LogP contribution in [-0.2, 0) is 38.4 Å². The van der Waals surface area contributed by atoms with Crippen molar-refractivity contribution in [2.24, 2.45) is 17.2 Å². The van der Waals surface area contributed by atoms with E-state index in [1.165, 1.54) is 0 Å². The van der Waals surface area contributed by atoms with Crippen LogP contribution in [0, 0.1) is 0 Å². The summed E-state index contributed by atoms with van der Waals surface area (Å²) in [6, 6.07) is -6.80. The number of primary amides is 2. The van der Waals surface area contributed by atoms with Crippen LogP contribution in [0.5, 0.6) is 0 Å². The van der Waals surface area contributed by atoms with Crippen molar-refractivity contribution in [1.29, 1.82) is 0 Å². The smallest absolute Gasteiger partial charge is 0.326 e. The lowest BCUT2D eigenvalue weighted by Gasteiger charge is -2.24. The normalized spacial score (nSPS) is 13.9. The summed E-state index contributed by atoms with van der Waals surface area (Å²) in [7, 11) is 0. The lowest BCUT2D eigenvalue weighted by Crippen LogP contribution is -2.58. The Kier molecular flexibility index (Phi) is 12.2. The molecule has 0 saturated heterocycles. The summed E-state index contributed by atoms with van der Waals surface area (Å²) < 4.78 is 0. The van der Waals surface area contributed by atoms with Crippen molar-refractivity contribution in [3.05, 3.63) is 0 Å². The molecular formula is C17H26N6O11. The minimum Gasteiger partial charge on any atom is -0.481 e. The summed E-state index contributed by atoms with van der Waals surface area (Å²) in [6.07, 6.45) is -3.64. The number of carboxylic acid groups (broad SMARTS) is 3. The second-order valence-corrected chi connectivity index (χ2v) is 7.00. The van der Waals surface area contributed by atoms with Gasteiger partial charge in [0.05, 0.1) is 25.3 Å². The molecule has 0 heterocycles. The third kappa shape index (κ3) is 11.9. The molecule has 12 N–H and O–H groups in total. The summed E-state index contributed by atoms with van der Waals surface area (Å²) in [5.41, 5.74) is 15.4. The van der Waals surface area contributed by atoms with Crippen molar-refractivity contribution in [3.63, 3.8) is 0 Å². The Hall–Kier alpha value is -4.28. The van der Waals surface area contributed by atoms with E-state index >= 15 is 0 Å². The van der Waals surface area contributed by atoms with Crippen LogP contribution in [0.2, 0.25) is 0 Å². The van der Waals surface area contributed by atoms with Crippen LogP contribution in [0.1, 0.15) is 32.1 Å². The van der Waals surface area contributed by atoms with E-state index in [1.54, 1.807) is 0 Å². The Morgan fingerprint density at radius 3 is 1.53 bits per heavy atom. The summed E-state index contributed by atoms with van der Waals surface area (Å²) in [5, 5.41) is 32.6. The number of rotatable bonds is 16. The van der Waals surface area contributed by atoms with Gasteiger partial charge in [-0.2, -0.15) is 0 Å². The van der Waals surface area contributed by atoms with Crippen LogP contribution in [0.4, 0.5) is 0 Å². The van der Waals surface area contributed by atoms with E-state index in [9.17, 15) is 38.4 Å². The quantitative estimate of drug-likeness (QED) is 0.0981. The summed E-state index contributed by atoms with van der Waals surface area (Å²) in [4.78, 5) is 92.2. The number of nitrogens with two attached hydrogens (primary N) is 3. The van der Waals surface area contributed by atoms with Crippen LogP contribution in [0.25, 0.3) is 0 Å². The Bertz CT molecular complexity index is 846. The molecule has 4 unspecified atom stereocenters. The largest absolute Gasteiger partial charge is 0.481 e. The molecule has 4 atom stereocenters. The van der Waals surface area contributed by atoms with E-state index in [4.69, 9.17) is 32.5 Å². The molecule has 0 bridgehead atoms. The maximum atomic E-state index is 12.6. The number of hydrogen-bond donors (Lipinski definition) is 9. The molecule has 0 aromatic rings. The lowest BCUT2D eigenvalue weighted by atomic mass is 10.1. The monoisotopic (exact) mass is 490 g/mol. The first-order chi connectivity index (χ1) is 15.6. The molecule has 5 amide bonds. The second-order valence-electron chi connectivity index (χ2n) is 7.00. The van der Waals surface area contributed by atoms with Gasteiger partial charge in [0.25, 0.3) is 0 Å². The van der Waals surface area contributed by atoms with Crippen molar-refractivity contribution >= 4 is 47.4 Å². The third-order valence-corrected chi connectivity index (χ3v) is 4.07. The average molecular weight is 490 g/mol. The Labute approximate surface area is 191 Å². The zero-order chi connectivity index (χ0) is 26.6. The number of carbonyl (C=O) groups is 8. The molecule has 190 valence electrons. The van der Waals surface area contributed by atoms with Crippen LogP contribution < -0.4 is 33.2 Å². The number of aliphatic carboxylic acids is 3. The zero-order valence-electron chi connectivity index (χ0n) is 17.7. The molecular weight excluding hydrogens is 464 g/mol.